The van der Waals surface area contributed by atoms with Crippen molar-refractivity contribution < 1.29 is 9.59 Å². The van der Waals surface area contributed by atoms with Gasteiger partial charge >= 0.3 is 0 Å². The maximum Gasteiger partial charge on any atom is 0.227 e. The first kappa shape index (κ1) is 12.4. The van der Waals surface area contributed by atoms with Gasteiger partial charge in [-0.05, 0) is 13.0 Å². The van der Waals surface area contributed by atoms with Crippen molar-refractivity contribution in [3.05, 3.63) is 30.5 Å². The molecule has 1 heterocycles. The number of aromatic amines is 1. The summed E-state index contributed by atoms with van der Waals surface area (Å²) < 4.78 is 0. The maximum atomic E-state index is 11.9. The van der Waals surface area contributed by atoms with Gasteiger partial charge in [-0.15, -0.1) is 0 Å². The summed E-state index contributed by atoms with van der Waals surface area (Å²) in [5.41, 5.74) is 1.85. The molecule has 0 bridgehead atoms. The van der Waals surface area contributed by atoms with Crippen molar-refractivity contribution in [3.8, 4) is 0 Å². The van der Waals surface area contributed by atoms with E-state index in [1.54, 1.807) is 11.9 Å². The van der Waals surface area contributed by atoms with Gasteiger partial charge in [0.05, 0.1) is 5.69 Å². The third-order valence-corrected chi connectivity index (χ3v) is 2.99. The average Bonchev–Trinajstić information content (AvgIpc) is 2.78. The molecule has 4 heteroatoms. The standard InChI is InChI=1S/C14H16N2O2/c1-10(17)7-8-14(18)16(2)13-9-15-12-6-4-3-5-11(12)13/h3-6,9,15H,7-8H2,1-2H3. The van der Waals surface area contributed by atoms with Crippen molar-refractivity contribution in [1.82, 2.24) is 4.98 Å². The summed E-state index contributed by atoms with van der Waals surface area (Å²) in [4.78, 5) is 27.6. The Morgan fingerprint density at radius 1 is 1.22 bits per heavy atom. The number of nitrogens with zero attached hydrogens (tertiary/aromatic N) is 1. The zero-order valence-corrected chi connectivity index (χ0v) is 10.6. The molecule has 0 fully saturated rings. The number of aromatic nitrogens is 1. The first-order chi connectivity index (χ1) is 8.59. The highest BCUT2D eigenvalue weighted by molar-refractivity contribution is 6.03. The predicted octanol–water partition coefficient (Wildman–Crippen LogP) is 2.50. The first-order valence-corrected chi connectivity index (χ1v) is 5.91. The van der Waals surface area contributed by atoms with Crippen molar-refractivity contribution in [2.45, 2.75) is 19.8 Å². The molecular formula is C14H16N2O2. The fourth-order valence-electron chi connectivity index (χ4n) is 1.92. The van der Waals surface area contributed by atoms with Gasteiger partial charge in [-0.1, -0.05) is 18.2 Å². The van der Waals surface area contributed by atoms with E-state index in [1.807, 2.05) is 30.5 Å². The average molecular weight is 244 g/mol. The number of Topliss-reactive ketones (excluding diaryl/α,β-unsaturated/α-hetero) is 1. The summed E-state index contributed by atoms with van der Waals surface area (Å²) in [5, 5.41) is 1.01. The fraction of sp³-hybridized carbons (Fsp3) is 0.286. The molecule has 0 saturated carbocycles. The molecule has 0 aliphatic carbocycles. The maximum absolute atomic E-state index is 11.9. The van der Waals surface area contributed by atoms with Crippen LogP contribution in [0, 0.1) is 0 Å². The molecule has 1 amide bonds. The van der Waals surface area contributed by atoms with Crippen molar-refractivity contribution in [2.75, 3.05) is 11.9 Å². The lowest BCUT2D eigenvalue weighted by atomic mass is 10.2. The van der Waals surface area contributed by atoms with Gasteiger partial charge in [0.2, 0.25) is 5.91 Å². The van der Waals surface area contributed by atoms with Crippen LogP contribution in [0.3, 0.4) is 0 Å². The van der Waals surface area contributed by atoms with Gasteiger partial charge in [-0.3, -0.25) is 4.79 Å². The minimum atomic E-state index is -0.0463. The molecule has 0 aliphatic rings. The Kier molecular flexibility index (Phi) is 3.46. The molecule has 1 aromatic heterocycles. The minimum absolute atomic E-state index is 0.0377. The molecule has 0 radical (unpaired) electrons. The predicted molar refractivity (Wildman–Crippen MR) is 71.6 cm³/mol. The molecule has 0 saturated heterocycles. The number of rotatable bonds is 4. The van der Waals surface area contributed by atoms with Gasteiger partial charge in [0, 0.05) is 37.0 Å². The summed E-state index contributed by atoms with van der Waals surface area (Å²) in [7, 11) is 1.73. The lowest BCUT2D eigenvalue weighted by Crippen LogP contribution is -2.26. The number of hydrogen-bond acceptors (Lipinski definition) is 2. The van der Waals surface area contributed by atoms with Gasteiger partial charge in [-0.25, -0.2) is 0 Å². The molecule has 0 atom stereocenters. The quantitative estimate of drug-likeness (QED) is 0.898. The van der Waals surface area contributed by atoms with Crippen LogP contribution in [-0.4, -0.2) is 23.7 Å². The summed E-state index contributed by atoms with van der Waals surface area (Å²) in [6.45, 7) is 1.50. The van der Waals surface area contributed by atoms with Crippen molar-refractivity contribution >= 4 is 28.3 Å². The number of para-hydroxylation sites is 1. The summed E-state index contributed by atoms with van der Waals surface area (Å²) in [5.74, 6) is -0.00868. The van der Waals surface area contributed by atoms with Crippen molar-refractivity contribution in [3.63, 3.8) is 0 Å². The number of benzene rings is 1. The molecule has 0 aliphatic heterocycles. The van der Waals surface area contributed by atoms with Crippen molar-refractivity contribution in [2.24, 2.45) is 0 Å². The Morgan fingerprint density at radius 3 is 2.67 bits per heavy atom. The zero-order chi connectivity index (χ0) is 13.1. The van der Waals surface area contributed by atoms with Crippen LogP contribution < -0.4 is 4.90 Å². The molecule has 2 aromatic rings. The van der Waals surface area contributed by atoms with Crippen molar-refractivity contribution in [1.29, 1.82) is 0 Å². The van der Waals surface area contributed by atoms with E-state index in [0.717, 1.165) is 16.6 Å². The van der Waals surface area contributed by atoms with Gasteiger partial charge in [-0.2, -0.15) is 0 Å². The van der Waals surface area contributed by atoms with E-state index in [-0.39, 0.29) is 18.1 Å². The molecule has 4 nitrogen and oxygen atoms in total. The van der Waals surface area contributed by atoms with E-state index in [1.165, 1.54) is 6.92 Å². The van der Waals surface area contributed by atoms with E-state index in [4.69, 9.17) is 0 Å². The largest absolute Gasteiger partial charge is 0.359 e. The van der Waals surface area contributed by atoms with Crippen LogP contribution in [0.1, 0.15) is 19.8 Å². The van der Waals surface area contributed by atoms with E-state index in [9.17, 15) is 9.59 Å². The van der Waals surface area contributed by atoms with Gasteiger partial charge in [0.25, 0.3) is 0 Å². The number of amides is 1. The Balaban J connectivity index is 2.20. The Labute approximate surface area is 106 Å². The second-order valence-corrected chi connectivity index (χ2v) is 4.37. The SMILES string of the molecule is CC(=O)CCC(=O)N(C)c1c[nH]c2ccccc12. The molecular weight excluding hydrogens is 228 g/mol. The molecule has 0 unspecified atom stereocenters. The van der Waals surface area contributed by atoms with Crippen LogP contribution in [-0.2, 0) is 9.59 Å². The second kappa shape index (κ2) is 5.04. The molecule has 1 N–H and O–H groups in total. The molecule has 0 spiro atoms. The van der Waals surface area contributed by atoms with Gasteiger partial charge in [0.15, 0.2) is 0 Å². The lowest BCUT2D eigenvalue weighted by Gasteiger charge is -2.15. The van der Waals surface area contributed by atoms with Crippen LogP contribution in [0.15, 0.2) is 30.5 Å². The van der Waals surface area contributed by atoms with Crippen LogP contribution >= 0.6 is 0 Å². The Hall–Kier alpha value is -2.10. The van der Waals surface area contributed by atoms with Gasteiger partial charge < -0.3 is 14.7 Å². The van der Waals surface area contributed by atoms with E-state index in [2.05, 4.69) is 4.98 Å². The number of H-pyrrole nitrogens is 1. The fourth-order valence-corrected chi connectivity index (χ4v) is 1.92. The monoisotopic (exact) mass is 244 g/mol. The Morgan fingerprint density at radius 2 is 1.94 bits per heavy atom. The zero-order valence-electron chi connectivity index (χ0n) is 10.6. The van der Waals surface area contributed by atoms with Crippen LogP contribution in [0.4, 0.5) is 5.69 Å². The van der Waals surface area contributed by atoms with Crippen LogP contribution in [0.5, 0.6) is 0 Å². The first-order valence-electron chi connectivity index (χ1n) is 5.91. The summed E-state index contributed by atoms with van der Waals surface area (Å²) >= 11 is 0. The number of ketones is 1. The summed E-state index contributed by atoms with van der Waals surface area (Å²) in [6.07, 6.45) is 2.37. The van der Waals surface area contributed by atoms with Gasteiger partial charge in [0.1, 0.15) is 5.78 Å². The number of carbonyl (C=O) groups excluding carboxylic acids is 2. The molecule has 94 valence electrons. The number of carbonyl (C=O) groups is 2. The number of fused-ring (bicyclic) bond motifs is 1. The number of nitrogens with one attached hydrogen (secondary N) is 1. The highest BCUT2D eigenvalue weighted by atomic mass is 16.2. The van der Waals surface area contributed by atoms with E-state index in [0.29, 0.717) is 6.42 Å². The highest BCUT2D eigenvalue weighted by Crippen LogP contribution is 2.26. The van der Waals surface area contributed by atoms with E-state index < -0.39 is 0 Å². The highest BCUT2D eigenvalue weighted by Gasteiger charge is 2.14. The Bertz CT molecular complexity index is 586. The van der Waals surface area contributed by atoms with E-state index >= 15 is 0 Å². The third kappa shape index (κ3) is 2.42. The number of anilines is 1. The van der Waals surface area contributed by atoms with Crippen LogP contribution in [0.25, 0.3) is 10.9 Å². The lowest BCUT2D eigenvalue weighted by molar-refractivity contribution is -0.122. The third-order valence-electron chi connectivity index (χ3n) is 2.99. The molecule has 18 heavy (non-hydrogen) atoms. The molecule has 2 rings (SSSR count). The minimum Gasteiger partial charge on any atom is -0.359 e. The number of hydrogen-bond donors (Lipinski definition) is 1. The summed E-state index contributed by atoms with van der Waals surface area (Å²) in [6, 6.07) is 7.82. The molecule has 1 aromatic carbocycles. The smallest absolute Gasteiger partial charge is 0.227 e. The van der Waals surface area contributed by atoms with Crippen LogP contribution in [0.2, 0.25) is 0 Å². The topological polar surface area (TPSA) is 53.2 Å². The normalized spacial score (nSPS) is 10.6. The second-order valence-electron chi connectivity index (χ2n) is 4.37.